The number of ether oxygens (including phenoxy) is 2. The van der Waals surface area contributed by atoms with Gasteiger partial charge in [-0.15, -0.1) is 0 Å². The van der Waals surface area contributed by atoms with Crippen LogP contribution in [0.2, 0.25) is 0 Å². The number of rotatable bonds is 5. The molecular formula is C8H18N2O2. The van der Waals surface area contributed by atoms with E-state index in [9.17, 15) is 0 Å². The molecule has 0 amide bonds. The third kappa shape index (κ3) is 4.01. The summed E-state index contributed by atoms with van der Waals surface area (Å²) in [5, 5.41) is 6.66. The van der Waals surface area contributed by atoms with Crippen molar-refractivity contribution in [3.63, 3.8) is 0 Å². The molecule has 1 fully saturated rings. The molecule has 1 aliphatic heterocycles. The lowest BCUT2D eigenvalue weighted by atomic mass is 10.3. The Morgan fingerprint density at radius 3 is 3.25 bits per heavy atom. The second-order valence-corrected chi connectivity index (χ2v) is 2.92. The molecule has 1 aliphatic rings. The SMILES string of the molecule is COCCNCC1COCCN1. The van der Waals surface area contributed by atoms with Crippen LogP contribution in [0.4, 0.5) is 0 Å². The predicted molar refractivity (Wildman–Crippen MR) is 47.4 cm³/mol. The molecule has 0 bridgehead atoms. The van der Waals surface area contributed by atoms with Crippen molar-refractivity contribution in [1.29, 1.82) is 0 Å². The lowest BCUT2D eigenvalue weighted by Gasteiger charge is -2.23. The number of methoxy groups -OCH3 is 1. The number of hydrogen-bond acceptors (Lipinski definition) is 4. The van der Waals surface area contributed by atoms with E-state index in [4.69, 9.17) is 9.47 Å². The highest BCUT2D eigenvalue weighted by Gasteiger charge is 2.11. The van der Waals surface area contributed by atoms with E-state index < -0.39 is 0 Å². The summed E-state index contributed by atoms with van der Waals surface area (Å²) in [7, 11) is 1.71. The van der Waals surface area contributed by atoms with Gasteiger partial charge in [-0.05, 0) is 0 Å². The lowest BCUT2D eigenvalue weighted by molar-refractivity contribution is 0.0760. The van der Waals surface area contributed by atoms with Crippen molar-refractivity contribution in [1.82, 2.24) is 10.6 Å². The van der Waals surface area contributed by atoms with E-state index in [0.29, 0.717) is 6.04 Å². The second-order valence-electron chi connectivity index (χ2n) is 2.92. The van der Waals surface area contributed by atoms with E-state index in [1.807, 2.05) is 0 Å². The maximum Gasteiger partial charge on any atom is 0.0632 e. The van der Waals surface area contributed by atoms with Crippen LogP contribution in [0.1, 0.15) is 0 Å². The molecule has 4 heteroatoms. The fraction of sp³-hybridized carbons (Fsp3) is 1.00. The molecule has 1 unspecified atom stereocenters. The van der Waals surface area contributed by atoms with E-state index >= 15 is 0 Å². The van der Waals surface area contributed by atoms with Crippen LogP contribution >= 0.6 is 0 Å². The number of nitrogens with one attached hydrogen (secondary N) is 2. The van der Waals surface area contributed by atoms with Crippen molar-refractivity contribution >= 4 is 0 Å². The molecule has 1 rings (SSSR count). The Bertz CT molecular complexity index is 105. The quantitative estimate of drug-likeness (QED) is 0.536. The molecule has 0 aromatic carbocycles. The first-order valence-corrected chi connectivity index (χ1v) is 4.44. The average Bonchev–Trinajstić information content (AvgIpc) is 2.14. The van der Waals surface area contributed by atoms with Gasteiger partial charge in [0.25, 0.3) is 0 Å². The molecule has 1 saturated heterocycles. The summed E-state index contributed by atoms with van der Waals surface area (Å²) in [6, 6.07) is 0.468. The van der Waals surface area contributed by atoms with Crippen LogP contribution in [0.15, 0.2) is 0 Å². The molecule has 1 heterocycles. The molecular weight excluding hydrogens is 156 g/mol. The second kappa shape index (κ2) is 6.37. The van der Waals surface area contributed by atoms with Crippen LogP contribution in [-0.4, -0.2) is 52.6 Å². The molecule has 4 nitrogen and oxygen atoms in total. The Labute approximate surface area is 73.6 Å². The smallest absolute Gasteiger partial charge is 0.0632 e. The average molecular weight is 174 g/mol. The van der Waals surface area contributed by atoms with Crippen LogP contribution in [0.3, 0.4) is 0 Å². The molecule has 72 valence electrons. The van der Waals surface area contributed by atoms with Gasteiger partial charge in [0.2, 0.25) is 0 Å². The van der Waals surface area contributed by atoms with Crippen LogP contribution in [0.5, 0.6) is 0 Å². The van der Waals surface area contributed by atoms with Gasteiger partial charge in [-0.1, -0.05) is 0 Å². The van der Waals surface area contributed by atoms with Crippen molar-refractivity contribution < 1.29 is 9.47 Å². The van der Waals surface area contributed by atoms with Gasteiger partial charge in [0, 0.05) is 32.8 Å². The Hall–Kier alpha value is -0.160. The van der Waals surface area contributed by atoms with Crippen molar-refractivity contribution in [2.24, 2.45) is 0 Å². The first-order valence-electron chi connectivity index (χ1n) is 4.44. The molecule has 0 radical (unpaired) electrons. The third-order valence-electron chi connectivity index (χ3n) is 1.87. The van der Waals surface area contributed by atoms with Gasteiger partial charge in [-0.25, -0.2) is 0 Å². The molecule has 0 spiro atoms. The standard InChI is InChI=1S/C8H18N2O2/c1-11-4-2-9-6-8-7-12-5-3-10-8/h8-10H,2-7H2,1H3. The van der Waals surface area contributed by atoms with Crippen LogP contribution in [-0.2, 0) is 9.47 Å². The minimum absolute atomic E-state index is 0.468. The molecule has 0 aromatic rings. The summed E-state index contributed by atoms with van der Waals surface area (Å²) < 4.78 is 10.2. The summed E-state index contributed by atoms with van der Waals surface area (Å²) >= 11 is 0. The Morgan fingerprint density at radius 2 is 2.58 bits per heavy atom. The van der Waals surface area contributed by atoms with Crippen molar-refractivity contribution in [3.8, 4) is 0 Å². The summed E-state index contributed by atoms with van der Waals surface area (Å²) in [4.78, 5) is 0. The molecule has 12 heavy (non-hydrogen) atoms. The molecule has 0 aromatic heterocycles. The molecule has 1 atom stereocenters. The zero-order valence-electron chi connectivity index (χ0n) is 7.64. The zero-order chi connectivity index (χ0) is 8.65. The monoisotopic (exact) mass is 174 g/mol. The summed E-state index contributed by atoms with van der Waals surface area (Å²) in [6.07, 6.45) is 0. The Kier molecular flexibility index (Phi) is 5.27. The van der Waals surface area contributed by atoms with Crippen molar-refractivity contribution in [2.45, 2.75) is 6.04 Å². The minimum atomic E-state index is 0.468. The fourth-order valence-corrected chi connectivity index (χ4v) is 1.20. The maximum absolute atomic E-state index is 5.31. The maximum atomic E-state index is 5.31. The molecule has 0 saturated carbocycles. The summed E-state index contributed by atoms with van der Waals surface area (Å²) in [6.45, 7) is 5.27. The molecule has 0 aliphatic carbocycles. The van der Waals surface area contributed by atoms with E-state index in [0.717, 1.165) is 39.5 Å². The predicted octanol–water partition coefficient (Wildman–Crippen LogP) is -0.789. The highest BCUT2D eigenvalue weighted by atomic mass is 16.5. The fourth-order valence-electron chi connectivity index (χ4n) is 1.20. The van der Waals surface area contributed by atoms with E-state index in [2.05, 4.69) is 10.6 Å². The molecule has 2 N–H and O–H groups in total. The van der Waals surface area contributed by atoms with Crippen molar-refractivity contribution in [2.75, 3.05) is 46.6 Å². The van der Waals surface area contributed by atoms with E-state index in [1.165, 1.54) is 0 Å². The Morgan fingerprint density at radius 1 is 1.67 bits per heavy atom. The minimum Gasteiger partial charge on any atom is -0.383 e. The normalized spacial score (nSPS) is 24.2. The van der Waals surface area contributed by atoms with Gasteiger partial charge in [-0.2, -0.15) is 0 Å². The van der Waals surface area contributed by atoms with Crippen LogP contribution < -0.4 is 10.6 Å². The first-order chi connectivity index (χ1) is 5.93. The van der Waals surface area contributed by atoms with E-state index in [-0.39, 0.29) is 0 Å². The van der Waals surface area contributed by atoms with Gasteiger partial charge in [0.05, 0.1) is 19.8 Å². The first kappa shape index (κ1) is 9.92. The highest BCUT2D eigenvalue weighted by Crippen LogP contribution is 1.90. The third-order valence-corrected chi connectivity index (χ3v) is 1.87. The van der Waals surface area contributed by atoms with Crippen molar-refractivity contribution in [3.05, 3.63) is 0 Å². The Balaban J connectivity index is 1.91. The van der Waals surface area contributed by atoms with Gasteiger partial charge in [0.15, 0.2) is 0 Å². The van der Waals surface area contributed by atoms with Crippen LogP contribution in [0, 0.1) is 0 Å². The zero-order valence-corrected chi connectivity index (χ0v) is 7.64. The summed E-state index contributed by atoms with van der Waals surface area (Å²) in [5.41, 5.74) is 0. The number of hydrogen-bond donors (Lipinski definition) is 2. The van der Waals surface area contributed by atoms with E-state index in [1.54, 1.807) is 7.11 Å². The van der Waals surface area contributed by atoms with Crippen LogP contribution in [0.25, 0.3) is 0 Å². The van der Waals surface area contributed by atoms with Gasteiger partial charge in [0.1, 0.15) is 0 Å². The lowest BCUT2D eigenvalue weighted by Crippen LogP contribution is -2.47. The largest absolute Gasteiger partial charge is 0.383 e. The summed E-state index contributed by atoms with van der Waals surface area (Å²) in [5.74, 6) is 0. The highest BCUT2D eigenvalue weighted by molar-refractivity contribution is 4.71. The van der Waals surface area contributed by atoms with Gasteiger partial charge < -0.3 is 20.1 Å². The van der Waals surface area contributed by atoms with Gasteiger partial charge >= 0.3 is 0 Å². The topological polar surface area (TPSA) is 42.5 Å². The van der Waals surface area contributed by atoms with Gasteiger partial charge in [-0.3, -0.25) is 0 Å². The number of morpholine rings is 1.